The van der Waals surface area contributed by atoms with Gasteiger partial charge in [0.1, 0.15) is 17.6 Å². The van der Waals surface area contributed by atoms with Crippen molar-refractivity contribution in [2.75, 3.05) is 6.61 Å². The zero-order valence-electron chi connectivity index (χ0n) is 13.4. The molecule has 3 rings (SSSR count). The van der Waals surface area contributed by atoms with Crippen LogP contribution in [0, 0.1) is 0 Å². The monoisotopic (exact) mass is 331 g/mol. The van der Waals surface area contributed by atoms with Crippen LogP contribution in [0.2, 0.25) is 0 Å². The van der Waals surface area contributed by atoms with Crippen molar-refractivity contribution in [1.82, 2.24) is 5.32 Å². The molecule has 2 aromatic rings. The van der Waals surface area contributed by atoms with Gasteiger partial charge >= 0.3 is 0 Å². The van der Waals surface area contributed by atoms with Crippen LogP contribution in [0.5, 0.6) is 11.5 Å². The summed E-state index contributed by atoms with van der Waals surface area (Å²) in [5, 5.41) is 4.95. The van der Waals surface area contributed by atoms with Crippen molar-refractivity contribution < 1.29 is 14.3 Å². The number of amides is 1. The number of hydrogen-bond donors (Lipinski definition) is 1. The second-order valence-electron chi connectivity index (χ2n) is 5.67. The molecule has 23 heavy (non-hydrogen) atoms. The molecule has 1 aliphatic heterocycles. The van der Waals surface area contributed by atoms with Crippen LogP contribution in [-0.4, -0.2) is 18.6 Å². The Morgan fingerprint density at radius 1 is 1.48 bits per heavy atom. The van der Waals surface area contributed by atoms with E-state index in [2.05, 4.69) is 12.2 Å². The van der Waals surface area contributed by atoms with Crippen molar-refractivity contribution in [2.24, 2.45) is 0 Å². The fourth-order valence-electron chi connectivity index (χ4n) is 2.74. The minimum atomic E-state index is 0.0182. The smallest absolute Gasteiger partial charge is 0.225 e. The van der Waals surface area contributed by atoms with Crippen molar-refractivity contribution in [1.29, 1.82) is 0 Å². The number of nitrogens with one attached hydrogen (secondary N) is 1. The van der Waals surface area contributed by atoms with Gasteiger partial charge in [0.25, 0.3) is 0 Å². The quantitative estimate of drug-likeness (QED) is 0.883. The maximum atomic E-state index is 12.1. The Kier molecular flexibility index (Phi) is 4.86. The van der Waals surface area contributed by atoms with Crippen molar-refractivity contribution in [3.8, 4) is 11.5 Å². The number of fused-ring (bicyclic) bond motifs is 1. The van der Waals surface area contributed by atoms with E-state index in [4.69, 9.17) is 9.47 Å². The molecule has 122 valence electrons. The predicted octanol–water partition coefficient (Wildman–Crippen LogP) is 3.33. The molecule has 1 aliphatic rings. The number of ether oxygens (including phenoxy) is 2. The van der Waals surface area contributed by atoms with E-state index in [1.54, 1.807) is 11.3 Å². The largest absolute Gasteiger partial charge is 0.494 e. The van der Waals surface area contributed by atoms with E-state index in [0.717, 1.165) is 28.4 Å². The number of thiophene rings is 1. The molecule has 1 amide bonds. The molecular weight excluding hydrogens is 310 g/mol. The minimum Gasteiger partial charge on any atom is -0.494 e. The third-order valence-electron chi connectivity index (χ3n) is 3.77. The van der Waals surface area contributed by atoms with Crippen LogP contribution in [0.3, 0.4) is 0 Å². The molecule has 2 heterocycles. The highest BCUT2D eigenvalue weighted by atomic mass is 32.1. The highest BCUT2D eigenvalue weighted by Gasteiger charge is 2.22. The zero-order chi connectivity index (χ0) is 16.2. The van der Waals surface area contributed by atoms with Gasteiger partial charge in [-0.15, -0.1) is 11.3 Å². The van der Waals surface area contributed by atoms with Gasteiger partial charge in [-0.25, -0.2) is 0 Å². The van der Waals surface area contributed by atoms with Gasteiger partial charge in [-0.3, -0.25) is 4.79 Å². The number of benzene rings is 1. The fourth-order valence-corrected chi connectivity index (χ4v) is 3.44. The topological polar surface area (TPSA) is 47.6 Å². The lowest BCUT2D eigenvalue weighted by molar-refractivity contribution is -0.120. The van der Waals surface area contributed by atoms with Gasteiger partial charge in [0.05, 0.1) is 13.0 Å². The zero-order valence-corrected chi connectivity index (χ0v) is 14.2. The van der Waals surface area contributed by atoms with E-state index in [9.17, 15) is 4.79 Å². The van der Waals surface area contributed by atoms with Crippen LogP contribution < -0.4 is 14.8 Å². The summed E-state index contributed by atoms with van der Waals surface area (Å²) < 4.78 is 11.5. The fraction of sp³-hybridized carbons (Fsp3) is 0.389. The van der Waals surface area contributed by atoms with E-state index >= 15 is 0 Å². The number of hydrogen-bond acceptors (Lipinski definition) is 4. The standard InChI is InChI=1S/C18H21NO3S/c1-3-21-16-8-13-7-12(2)22-17(13)9-14(16)11-19-18(20)10-15-5-4-6-23-15/h4-6,8-9,12H,3,7,10-11H2,1-2H3,(H,19,20)/t12-/m1/s1. The summed E-state index contributed by atoms with van der Waals surface area (Å²) in [7, 11) is 0. The summed E-state index contributed by atoms with van der Waals surface area (Å²) >= 11 is 1.60. The van der Waals surface area contributed by atoms with Crippen LogP contribution in [0.25, 0.3) is 0 Å². The Hall–Kier alpha value is -2.01. The van der Waals surface area contributed by atoms with E-state index in [1.807, 2.05) is 36.6 Å². The molecule has 0 saturated heterocycles. The molecule has 4 nitrogen and oxygen atoms in total. The van der Waals surface area contributed by atoms with Crippen molar-refractivity contribution in [2.45, 2.75) is 39.3 Å². The molecule has 0 radical (unpaired) electrons. The summed E-state index contributed by atoms with van der Waals surface area (Å²) in [6.07, 6.45) is 1.52. The average Bonchev–Trinajstić information content (AvgIpc) is 3.13. The van der Waals surface area contributed by atoms with E-state index < -0.39 is 0 Å². The molecule has 0 saturated carbocycles. The highest BCUT2D eigenvalue weighted by Crippen LogP contribution is 2.35. The van der Waals surface area contributed by atoms with Gasteiger partial charge in [0.2, 0.25) is 5.91 Å². The van der Waals surface area contributed by atoms with E-state index in [1.165, 1.54) is 5.56 Å². The molecular formula is C18H21NO3S. The van der Waals surface area contributed by atoms with Gasteiger partial charge in [0, 0.05) is 29.0 Å². The SMILES string of the molecule is CCOc1cc2c(cc1CNC(=O)Cc1cccs1)O[C@H](C)C2. The van der Waals surface area contributed by atoms with E-state index in [-0.39, 0.29) is 12.0 Å². The van der Waals surface area contributed by atoms with Gasteiger partial charge in [-0.1, -0.05) is 6.07 Å². The van der Waals surface area contributed by atoms with Gasteiger partial charge in [0.15, 0.2) is 0 Å². The lowest BCUT2D eigenvalue weighted by atomic mass is 10.1. The molecule has 0 aliphatic carbocycles. The third kappa shape index (κ3) is 3.85. The van der Waals surface area contributed by atoms with Crippen LogP contribution in [0.15, 0.2) is 29.6 Å². The predicted molar refractivity (Wildman–Crippen MR) is 91.3 cm³/mol. The average molecular weight is 331 g/mol. The van der Waals surface area contributed by atoms with Crippen LogP contribution in [0.4, 0.5) is 0 Å². The minimum absolute atomic E-state index is 0.0182. The molecule has 0 fully saturated rings. The van der Waals surface area contributed by atoms with Crippen LogP contribution in [0.1, 0.15) is 29.9 Å². The Balaban J connectivity index is 1.69. The molecule has 1 aromatic carbocycles. The molecule has 1 aromatic heterocycles. The molecule has 1 N–H and O–H groups in total. The summed E-state index contributed by atoms with van der Waals surface area (Å²) in [6.45, 7) is 5.07. The molecule has 0 bridgehead atoms. The lowest BCUT2D eigenvalue weighted by Crippen LogP contribution is -2.24. The van der Waals surface area contributed by atoms with Crippen LogP contribution >= 0.6 is 11.3 Å². The summed E-state index contributed by atoms with van der Waals surface area (Å²) in [6, 6.07) is 7.97. The first-order valence-electron chi connectivity index (χ1n) is 7.90. The third-order valence-corrected chi connectivity index (χ3v) is 4.65. The first-order chi connectivity index (χ1) is 11.2. The maximum absolute atomic E-state index is 12.1. The highest BCUT2D eigenvalue weighted by molar-refractivity contribution is 7.10. The summed E-state index contributed by atoms with van der Waals surface area (Å²) in [4.78, 5) is 13.1. The van der Waals surface area contributed by atoms with Crippen molar-refractivity contribution in [3.63, 3.8) is 0 Å². The lowest BCUT2D eigenvalue weighted by Gasteiger charge is -2.13. The number of carbonyl (C=O) groups is 1. The summed E-state index contributed by atoms with van der Waals surface area (Å²) in [5.41, 5.74) is 2.13. The Morgan fingerprint density at radius 2 is 2.35 bits per heavy atom. The Bertz CT molecular complexity index is 682. The normalized spacial score (nSPS) is 15.8. The first-order valence-corrected chi connectivity index (χ1v) is 8.78. The summed E-state index contributed by atoms with van der Waals surface area (Å²) in [5.74, 6) is 1.76. The first kappa shape index (κ1) is 15.9. The van der Waals surface area contributed by atoms with E-state index in [0.29, 0.717) is 19.6 Å². The second kappa shape index (κ2) is 7.04. The number of carbonyl (C=O) groups excluding carboxylic acids is 1. The van der Waals surface area contributed by atoms with Gasteiger partial charge in [-0.2, -0.15) is 0 Å². The Labute approximate surface area is 140 Å². The van der Waals surface area contributed by atoms with Gasteiger partial charge in [-0.05, 0) is 37.4 Å². The molecule has 0 unspecified atom stereocenters. The van der Waals surface area contributed by atoms with Crippen molar-refractivity contribution in [3.05, 3.63) is 45.6 Å². The van der Waals surface area contributed by atoms with Gasteiger partial charge < -0.3 is 14.8 Å². The number of rotatable bonds is 6. The molecule has 0 spiro atoms. The van der Waals surface area contributed by atoms with Crippen LogP contribution in [-0.2, 0) is 24.2 Å². The maximum Gasteiger partial charge on any atom is 0.225 e. The second-order valence-corrected chi connectivity index (χ2v) is 6.70. The molecule has 1 atom stereocenters. The van der Waals surface area contributed by atoms with Crippen molar-refractivity contribution >= 4 is 17.2 Å². The molecule has 5 heteroatoms. The Morgan fingerprint density at radius 3 is 3.09 bits per heavy atom.